The lowest BCUT2D eigenvalue weighted by Crippen LogP contribution is -2.45. The van der Waals surface area contributed by atoms with Crippen LogP contribution in [0.1, 0.15) is 36.0 Å². The molecule has 1 aliphatic heterocycles. The SMILES string of the molecule is CCCc1cc(C(=O)NCC2(O)CCN(c3cnccn3)C2)no1. The van der Waals surface area contributed by atoms with E-state index in [1.807, 2.05) is 11.8 Å². The number of hydrogen-bond acceptors (Lipinski definition) is 7. The fraction of sp³-hybridized carbons (Fsp3) is 0.500. The average Bonchev–Trinajstić information content (AvgIpc) is 3.22. The minimum atomic E-state index is -0.997. The predicted octanol–water partition coefficient (Wildman–Crippen LogP) is 0.788. The van der Waals surface area contributed by atoms with E-state index in [1.54, 1.807) is 24.7 Å². The number of nitrogens with one attached hydrogen (secondary N) is 1. The minimum absolute atomic E-state index is 0.151. The Morgan fingerprint density at radius 2 is 2.38 bits per heavy atom. The van der Waals surface area contributed by atoms with Gasteiger partial charge >= 0.3 is 0 Å². The second-order valence-electron chi connectivity index (χ2n) is 6.07. The zero-order valence-electron chi connectivity index (χ0n) is 13.6. The third kappa shape index (κ3) is 3.70. The molecule has 2 N–H and O–H groups in total. The summed E-state index contributed by atoms with van der Waals surface area (Å²) in [5.74, 6) is 1.07. The number of rotatable bonds is 6. The minimum Gasteiger partial charge on any atom is -0.386 e. The summed E-state index contributed by atoms with van der Waals surface area (Å²) in [6.07, 6.45) is 7.11. The predicted molar refractivity (Wildman–Crippen MR) is 86.6 cm³/mol. The molecular weight excluding hydrogens is 310 g/mol. The summed E-state index contributed by atoms with van der Waals surface area (Å²) in [6.45, 7) is 3.24. The Bertz CT molecular complexity index is 690. The fourth-order valence-electron chi connectivity index (χ4n) is 2.77. The van der Waals surface area contributed by atoms with Gasteiger partial charge in [0.25, 0.3) is 5.91 Å². The second kappa shape index (κ2) is 6.96. The third-order valence-electron chi connectivity index (χ3n) is 4.07. The van der Waals surface area contributed by atoms with Crippen molar-refractivity contribution in [3.8, 4) is 0 Å². The zero-order chi connectivity index (χ0) is 17.0. The zero-order valence-corrected chi connectivity index (χ0v) is 13.6. The van der Waals surface area contributed by atoms with Crippen molar-refractivity contribution in [1.82, 2.24) is 20.4 Å². The summed E-state index contributed by atoms with van der Waals surface area (Å²) in [7, 11) is 0. The lowest BCUT2D eigenvalue weighted by atomic mass is 10.0. The molecular formula is C16H21N5O3. The maximum Gasteiger partial charge on any atom is 0.273 e. The van der Waals surface area contributed by atoms with Crippen LogP contribution in [0.5, 0.6) is 0 Å². The van der Waals surface area contributed by atoms with Crippen molar-refractivity contribution in [3.63, 3.8) is 0 Å². The smallest absolute Gasteiger partial charge is 0.273 e. The van der Waals surface area contributed by atoms with Gasteiger partial charge in [-0.1, -0.05) is 12.1 Å². The summed E-state index contributed by atoms with van der Waals surface area (Å²) < 4.78 is 5.10. The van der Waals surface area contributed by atoms with Crippen molar-refractivity contribution in [3.05, 3.63) is 36.1 Å². The van der Waals surface area contributed by atoms with Gasteiger partial charge in [0.05, 0.1) is 6.20 Å². The van der Waals surface area contributed by atoms with E-state index in [9.17, 15) is 9.90 Å². The molecule has 3 heterocycles. The van der Waals surface area contributed by atoms with Crippen molar-refractivity contribution in [2.45, 2.75) is 31.8 Å². The second-order valence-corrected chi connectivity index (χ2v) is 6.07. The molecule has 0 saturated carbocycles. The number of carbonyl (C=O) groups excluding carboxylic acids is 1. The molecule has 128 valence electrons. The standard InChI is InChI=1S/C16H21N5O3/c1-2-3-12-8-13(20-24-12)15(22)19-10-16(23)4-7-21(11-16)14-9-17-5-6-18-14/h5-6,8-9,23H,2-4,7,10-11H2,1H3,(H,19,22). The van der Waals surface area contributed by atoms with Crippen LogP contribution in [0.3, 0.4) is 0 Å². The highest BCUT2D eigenvalue weighted by atomic mass is 16.5. The topological polar surface area (TPSA) is 104 Å². The molecule has 3 rings (SSSR count). The summed E-state index contributed by atoms with van der Waals surface area (Å²) in [4.78, 5) is 22.4. The highest BCUT2D eigenvalue weighted by Crippen LogP contribution is 2.24. The molecule has 1 amide bonds. The number of anilines is 1. The molecule has 1 saturated heterocycles. The van der Waals surface area contributed by atoms with Crippen LogP contribution in [0.15, 0.2) is 29.2 Å². The number of nitrogens with zero attached hydrogens (tertiary/aromatic N) is 4. The molecule has 0 bridgehead atoms. The molecule has 0 radical (unpaired) electrons. The summed E-state index contributed by atoms with van der Waals surface area (Å²) >= 11 is 0. The number of amides is 1. The maximum absolute atomic E-state index is 12.1. The molecule has 2 aromatic rings. The Hall–Kier alpha value is -2.48. The molecule has 0 spiro atoms. The highest BCUT2D eigenvalue weighted by molar-refractivity contribution is 5.92. The maximum atomic E-state index is 12.1. The van der Waals surface area contributed by atoms with Gasteiger partial charge in [-0.05, 0) is 12.8 Å². The van der Waals surface area contributed by atoms with Gasteiger partial charge in [0.2, 0.25) is 0 Å². The first-order valence-corrected chi connectivity index (χ1v) is 8.07. The molecule has 8 nitrogen and oxygen atoms in total. The number of β-amino-alcohol motifs (C(OH)–C–C–N with tert-alkyl or cyclic N) is 1. The van der Waals surface area contributed by atoms with E-state index in [0.29, 0.717) is 25.3 Å². The molecule has 1 aliphatic rings. The van der Waals surface area contributed by atoms with Gasteiger partial charge in [0.15, 0.2) is 5.69 Å². The van der Waals surface area contributed by atoms with E-state index in [0.717, 1.165) is 18.7 Å². The van der Waals surface area contributed by atoms with Crippen molar-refractivity contribution in [2.75, 3.05) is 24.5 Å². The largest absolute Gasteiger partial charge is 0.386 e. The first-order valence-electron chi connectivity index (χ1n) is 8.07. The summed E-state index contributed by atoms with van der Waals surface area (Å²) in [5, 5.41) is 17.2. The van der Waals surface area contributed by atoms with Crippen LogP contribution >= 0.6 is 0 Å². The Balaban J connectivity index is 1.55. The van der Waals surface area contributed by atoms with Gasteiger partial charge in [0.1, 0.15) is 17.2 Å². The quantitative estimate of drug-likeness (QED) is 0.806. The highest BCUT2D eigenvalue weighted by Gasteiger charge is 2.37. The Kier molecular flexibility index (Phi) is 4.75. The van der Waals surface area contributed by atoms with Crippen LogP contribution in [0.25, 0.3) is 0 Å². The first-order chi connectivity index (χ1) is 11.6. The molecule has 0 aliphatic carbocycles. The number of aliphatic hydroxyl groups is 1. The van der Waals surface area contributed by atoms with E-state index in [-0.39, 0.29) is 18.1 Å². The monoisotopic (exact) mass is 331 g/mol. The van der Waals surface area contributed by atoms with Crippen molar-refractivity contribution in [1.29, 1.82) is 0 Å². The van der Waals surface area contributed by atoms with Crippen molar-refractivity contribution in [2.24, 2.45) is 0 Å². The summed E-state index contributed by atoms with van der Waals surface area (Å²) in [5.41, 5.74) is -0.755. The normalized spacial score (nSPS) is 20.3. The molecule has 2 aromatic heterocycles. The van der Waals surface area contributed by atoms with Gasteiger partial charge < -0.3 is 19.8 Å². The molecule has 24 heavy (non-hydrogen) atoms. The van der Waals surface area contributed by atoms with Gasteiger partial charge in [-0.25, -0.2) is 4.98 Å². The summed E-state index contributed by atoms with van der Waals surface area (Å²) in [6, 6.07) is 1.64. The van der Waals surface area contributed by atoms with Gasteiger partial charge in [-0.3, -0.25) is 9.78 Å². The first kappa shape index (κ1) is 16.4. The number of aryl methyl sites for hydroxylation is 1. The van der Waals surface area contributed by atoms with Gasteiger partial charge in [-0.15, -0.1) is 0 Å². The van der Waals surface area contributed by atoms with Gasteiger partial charge in [-0.2, -0.15) is 0 Å². The van der Waals surface area contributed by atoms with E-state index in [1.165, 1.54) is 0 Å². The molecule has 1 fully saturated rings. The molecule has 8 heteroatoms. The Morgan fingerprint density at radius 1 is 1.50 bits per heavy atom. The number of carbonyl (C=O) groups is 1. The van der Waals surface area contributed by atoms with Crippen LogP contribution < -0.4 is 10.2 Å². The van der Waals surface area contributed by atoms with E-state index in [4.69, 9.17) is 4.52 Å². The lowest BCUT2D eigenvalue weighted by Gasteiger charge is -2.23. The van der Waals surface area contributed by atoms with Crippen LogP contribution in [0.4, 0.5) is 5.82 Å². The van der Waals surface area contributed by atoms with E-state index >= 15 is 0 Å². The molecule has 1 atom stereocenters. The van der Waals surface area contributed by atoms with Gasteiger partial charge in [0, 0.05) is 44.5 Å². The third-order valence-corrected chi connectivity index (χ3v) is 4.07. The van der Waals surface area contributed by atoms with Crippen molar-refractivity contribution >= 4 is 11.7 Å². The molecule has 1 unspecified atom stereocenters. The van der Waals surface area contributed by atoms with Crippen LogP contribution in [-0.2, 0) is 6.42 Å². The Morgan fingerprint density at radius 3 is 3.12 bits per heavy atom. The Labute approximate surface area is 139 Å². The van der Waals surface area contributed by atoms with Crippen LogP contribution in [0, 0.1) is 0 Å². The average molecular weight is 331 g/mol. The van der Waals surface area contributed by atoms with E-state index < -0.39 is 5.60 Å². The lowest BCUT2D eigenvalue weighted by molar-refractivity contribution is 0.0572. The van der Waals surface area contributed by atoms with Crippen LogP contribution in [0.2, 0.25) is 0 Å². The van der Waals surface area contributed by atoms with E-state index in [2.05, 4.69) is 20.4 Å². The number of aromatic nitrogens is 3. The number of hydrogen-bond donors (Lipinski definition) is 2. The van der Waals surface area contributed by atoms with Crippen molar-refractivity contribution < 1.29 is 14.4 Å². The fourth-order valence-corrected chi connectivity index (χ4v) is 2.77. The van der Waals surface area contributed by atoms with Crippen LogP contribution in [-0.4, -0.2) is 51.4 Å². The molecule has 0 aromatic carbocycles.